The number of imidazole rings is 1. The van der Waals surface area contributed by atoms with Crippen LogP contribution in [0.15, 0.2) is 47.8 Å². The topological polar surface area (TPSA) is 77.5 Å². The first-order valence-corrected chi connectivity index (χ1v) is 9.15. The van der Waals surface area contributed by atoms with Crippen LogP contribution in [0.3, 0.4) is 0 Å². The fraction of sp³-hybridized carbons (Fsp3) is 0.100. The number of aromatic nitrogens is 2. The molecule has 0 aliphatic rings. The van der Waals surface area contributed by atoms with Gasteiger partial charge >= 0.3 is 0 Å². The molecule has 0 amide bonds. The van der Waals surface area contributed by atoms with Crippen LogP contribution in [0.5, 0.6) is 0 Å². The lowest BCUT2D eigenvalue weighted by atomic mass is 10.0. The van der Waals surface area contributed by atoms with E-state index in [0.717, 1.165) is 17.4 Å². The molecule has 0 unspecified atom stereocenters. The van der Waals surface area contributed by atoms with Crippen LogP contribution in [-0.4, -0.2) is 20.6 Å². The predicted octanol–water partition coefficient (Wildman–Crippen LogP) is 5.07. The maximum Gasteiger partial charge on any atom is 0.270 e. The molecule has 4 aromatic rings. The van der Waals surface area contributed by atoms with Crippen LogP contribution >= 0.6 is 11.3 Å². The third kappa shape index (κ3) is 2.82. The zero-order chi connectivity index (χ0) is 19.1. The Bertz CT molecular complexity index is 1210. The third-order valence-electron chi connectivity index (χ3n) is 4.64. The van der Waals surface area contributed by atoms with Crippen molar-refractivity contribution in [3.05, 3.63) is 74.8 Å². The van der Waals surface area contributed by atoms with Crippen LogP contribution in [0.1, 0.15) is 21.6 Å². The molecule has 0 saturated carbocycles. The minimum Gasteiger partial charge on any atom is -0.296 e. The zero-order valence-corrected chi connectivity index (χ0v) is 15.5. The van der Waals surface area contributed by atoms with E-state index in [-0.39, 0.29) is 5.69 Å². The lowest BCUT2D eigenvalue weighted by Crippen LogP contribution is -1.95. The Morgan fingerprint density at radius 2 is 1.93 bits per heavy atom. The van der Waals surface area contributed by atoms with Crippen molar-refractivity contribution < 1.29 is 9.72 Å². The van der Waals surface area contributed by atoms with Gasteiger partial charge in [-0.1, -0.05) is 24.3 Å². The molecule has 0 aliphatic carbocycles. The summed E-state index contributed by atoms with van der Waals surface area (Å²) in [7, 11) is 0. The van der Waals surface area contributed by atoms with E-state index < -0.39 is 4.92 Å². The quantitative estimate of drug-likeness (QED) is 0.283. The SMILES string of the molecule is Cc1ccc(-c2nc3scc(-c4cccc([N+](=O)[O-])c4)n3c2C=O)cc1C. The molecule has 0 bridgehead atoms. The highest BCUT2D eigenvalue weighted by atomic mass is 32.1. The van der Waals surface area contributed by atoms with Gasteiger partial charge in [0, 0.05) is 28.6 Å². The highest BCUT2D eigenvalue weighted by Crippen LogP contribution is 2.33. The number of thiazole rings is 1. The van der Waals surface area contributed by atoms with Crippen LogP contribution in [0.2, 0.25) is 0 Å². The van der Waals surface area contributed by atoms with Gasteiger partial charge in [-0.15, -0.1) is 11.3 Å². The molecule has 27 heavy (non-hydrogen) atoms. The van der Waals surface area contributed by atoms with Gasteiger partial charge < -0.3 is 0 Å². The molecule has 0 atom stereocenters. The number of hydrogen-bond acceptors (Lipinski definition) is 5. The minimum atomic E-state index is -0.428. The number of aldehydes is 1. The second-order valence-corrected chi connectivity index (χ2v) is 7.15. The second kappa shape index (κ2) is 6.44. The van der Waals surface area contributed by atoms with Crippen molar-refractivity contribution in [3.8, 4) is 22.5 Å². The third-order valence-corrected chi connectivity index (χ3v) is 5.47. The molecular weight excluding hydrogens is 362 g/mol. The number of aryl methyl sites for hydroxylation is 2. The van der Waals surface area contributed by atoms with E-state index >= 15 is 0 Å². The Labute approximate surface area is 158 Å². The Kier molecular flexibility index (Phi) is 4.08. The maximum atomic E-state index is 11.9. The molecule has 0 N–H and O–H groups in total. The predicted molar refractivity (Wildman–Crippen MR) is 105 cm³/mol. The first kappa shape index (κ1) is 17.1. The fourth-order valence-electron chi connectivity index (χ4n) is 3.07. The van der Waals surface area contributed by atoms with Crippen molar-refractivity contribution in [3.63, 3.8) is 0 Å². The van der Waals surface area contributed by atoms with Gasteiger partial charge in [0.25, 0.3) is 5.69 Å². The molecule has 0 saturated heterocycles. The number of carbonyl (C=O) groups excluding carboxylic acids is 1. The van der Waals surface area contributed by atoms with Crippen LogP contribution < -0.4 is 0 Å². The number of non-ortho nitro benzene ring substituents is 1. The van der Waals surface area contributed by atoms with Gasteiger partial charge in [0.15, 0.2) is 11.2 Å². The number of rotatable bonds is 4. The Morgan fingerprint density at radius 1 is 1.11 bits per heavy atom. The van der Waals surface area contributed by atoms with Crippen molar-refractivity contribution >= 4 is 28.3 Å². The number of nitrogens with zero attached hydrogens (tertiary/aromatic N) is 3. The molecule has 6 nitrogen and oxygen atoms in total. The van der Waals surface area contributed by atoms with E-state index in [1.54, 1.807) is 16.5 Å². The normalized spacial score (nSPS) is 11.0. The molecule has 2 aromatic carbocycles. The average molecular weight is 377 g/mol. The molecule has 0 fully saturated rings. The van der Waals surface area contributed by atoms with E-state index in [1.165, 1.54) is 29.0 Å². The smallest absolute Gasteiger partial charge is 0.270 e. The van der Waals surface area contributed by atoms with Crippen molar-refractivity contribution in [2.45, 2.75) is 13.8 Å². The first-order valence-electron chi connectivity index (χ1n) is 8.27. The summed E-state index contributed by atoms with van der Waals surface area (Å²) in [5, 5.41) is 13.0. The molecular formula is C20H15N3O3S. The zero-order valence-electron chi connectivity index (χ0n) is 14.7. The summed E-state index contributed by atoms with van der Waals surface area (Å²) in [6, 6.07) is 12.4. The van der Waals surface area contributed by atoms with E-state index in [2.05, 4.69) is 4.98 Å². The number of hydrogen-bond donors (Lipinski definition) is 0. The van der Waals surface area contributed by atoms with E-state index in [9.17, 15) is 14.9 Å². The summed E-state index contributed by atoms with van der Waals surface area (Å²) in [6.45, 7) is 4.05. The Hall–Kier alpha value is -3.32. The van der Waals surface area contributed by atoms with Crippen LogP contribution in [-0.2, 0) is 0 Å². The molecule has 2 aromatic heterocycles. The van der Waals surface area contributed by atoms with Gasteiger partial charge in [-0.25, -0.2) is 4.98 Å². The largest absolute Gasteiger partial charge is 0.296 e. The van der Waals surface area contributed by atoms with Crippen molar-refractivity contribution in [1.29, 1.82) is 0 Å². The highest BCUT2D eigenvalue weighted by Gasteiger charge is 2.19. The lowest BCUT2D eigenvalue weighted by Gasteiger charge is -2.05. The lowest BCUT2D eigenvalue weighted by molar-refractivity contribution is -0.384. The summed E-state index contributed by atoms with van der Waals surface area (Å²) in [5.74, 6) is 0. The molecule has 4 rings (SSSR count). The van der Waals surface area contributed by atoms with E-state index in [0.29, 0.717) is 27.6 Å². The summed E-state index contributed by atoms with van der Waals surface area (Å²) in [6.07, 6.45) is 0.790. The molecule has 0 radical (unpaired) electrons. The summed E-state index contributed by atoms with van der Waals surface area (Å²) < 4.78 is 1.77. The van der Waals surface area contributed by atoms with E-state index in [1.807, 2.05) is 37.4 Å². The van der Waals surface area contributed by atoms with Gasteiger partial charge in [0.2, 0.25) is 0 Å². The van der Waals surface area contributed by atoms with Crippen LogP contribution in [0.4, 0.5) is 5.69 Å². The maximum absolute atomic E-state index is 11.9. The monoisotopic (exact) mass is 377 g/mol. The van der Waals surface area contributed by atoms with Crippen molar-refractivity contribution in [2.75, 3.05) is 0 Å². The van der Waals surface area contributed by atoms with Gasteiger partial charge in [-0.05, 0) is 31.0 Å². The minimum absolute atomic E-state index is 0.00833. The van der Waals surface area contributed by atoms with Gasteiger partial charge in [0.1, 0.15) is 11.4 Å². The number of benzene rings is 2. The number of nitro benzene ring substituents is 1. The molecule has 134 valence electrons. The van der Waals surface area contributed by atoms with Crippen molar-refractivity contribution in [1.82, 2.24) is 9.38 Å². The standard InChI is InChI=1S/C20H15N3O3S/c1-12-6-7-15(8-13(12)2)19-17(10-24)22-18(11-27-20(22)21-19)14-4-3-5-16(9-14)23(25)26/h3-11H,1-2H3. The first-order chi connectivity index (χ1) is 13.0. The molecule has 0 aliphatic heterocycles. The second-order valence-electron chi connectivity index (χ2n) is 6.31. The van der Waals surface area contributed by atoms with Crippen molar-refractivity contribution in [2.24, 2.45) is 0 Å². The number of carbonyl (C=O) groups is 1. The summed E-state index contributed by atoms with van der Waals surface area (Å²) in [5.41, 5.74) is 5.62. The summed E-state index contributed by atoms with van der Waals surface area (Å²) >= 11 is 1.40. The Morgan fingerprint density at radius 3 is 2.63 bits per heavy atom. The highest BCUT2D eigenvalue weighted by molar-refractivity contribution is 7.15. The number of fused-ring (bicyclic) bond motifs is 1. The molecule has 0 spiro atoms. The van der Waals surface area contributed by atoms with Gasteiger partial charge in [-0.2, -0.15) is 0 Å². The van der Waals surface area contributed by atoms with Gasteiger partial charge in [0.05, 0.1) is 10.6 Å². The Balaban J connectivity index is 1.94. The van der Waals surface area contributed by atoms with Crippen LogP contribution in [0.25, 0.3) is 27.5 Å². The average Bonchev–Trinajstić information content (AvgIpc) is 3.23. The number of nitro groups is 1. The molecule has 2 heterocycles. The van der Waals surface area contributed by atoms with Gasteiger partial charge in [-0.3, -0.25) is 19.3 Å². The van der Waals surface area contributed by atoms with E-state index in [4.69, 9.17) is 0 Å². The van der Waals surface area contributed by atoms with Crippen LogP contribution in [0, 0.1) is 24.0 Å². The molecule has 7 heteroatoms. The summed E-state index contributed by atoms with van der Waals surface area (Å²) in [4.78, 5) is 27.9. The fourth-order valence-corrected chi connectivity index (χ4v) is 3.98.